The molecular weight excluding hydrogens is 307 g/mol. The number of fused-ring (bicyclic) bond motifs is 1. The lowest BCUT2D eigenvalue weighted by atomic mass is 9.87. The minimum absolute atomic E-state index is 0.119. The van der Waals surface area contributed by atoms with E-state index in [1.54, 1.807) is 13.3 Å². The van der Waals surface area contributed by atoms with Crippen LogP contribution in [-0.4, -0.2) is 23.9 Å². The molecule has 1 aliphatic heterocycles. The maximum Gasteiger partial charge on any atom is 0.312 e. The molecule has 0 spiro atoms. The van der Waals surface area contributed by atoms with Crippen LogP contribution in [0.15, 0.2) is 22.7 Å². The first-order valence-corrected chi connectivity index (χ1v) is 8.28. The number of aliphatic imine (C=N–C) groups is 1. The fourth-order valence-corrected chi connectivity index (χ4v) is 2.74. The number of hydrogen-bond acceptors (Lipinski definition) is 4. The predicted molar refractivity (Wildman–Crippen MR) is 92.3 cm³/mol. The molecule has 1 aromatic carbocycles. The van der Waals surface area contributed by atoms with Crippen molar-refractivity contribution in [2.75, 3.05) is 6.73 Å². The topological polar surface area (TPSA) is 41.9 Å². The second-order valence-electron chi connectivity index (χ2n) is 7.45. The molecule has 0 bridgehead atoms. The van der Waals surface area contributed by atoms with Crippen molar-refractivity contribution in [1.82, 2.24) is 4.90 Å². The first kappa shape index (κ1) is 16.7. The van der Waals surface area contributed by atoms with E-state index in [1.165, 1.54) is 11.6 Å². The van der Waals surface area contributed by atoms with Gasteiger partial charge in [0.2, 0.25) is 0 Å². The van der Waals surface area contributed by atoms with Crippen molar-refractivity contribution in [3.63, 3.8) is 0 Å². The van der Waals surface area contributed by atoms with Gasteiger partial charge in [-0.05, 0) is 64.2 Å². The lowest BCUT2D eigenvalue weighted by Gasteiger charge is -2.33. The second-order valence-corrected chi connectivity index (χ2v) is 7.45. The van der Waals surface area contributed by atoms with E-state index < -0.39 is 5.41 Å². The van der Waals surface area contributed by atoms with Crippen LogP contribution in [0, 0.1) is 18.2 Å². The first-order valence-electron chi connectivity index (χ1n) is 8.28. The molecular formula is C19H23FN2O2. The Hall–Kier alpha value is -2.17. The molecule has 3 rings (SSSR count). The van der Waals surface area contributed by atoms with E-state index in [2.05, 4.69) is 4.99 Å². The number of rotatable bonds is 2. The maximum absolute atomic E-state index is 13.8. The molecule has 4 nitrogen and oxygen atoms in total. The summed E-state index contributed by atoms with van der Waals surface area (Å²) in [6.45, 7) is 7.35. The molecule has 0 unspecified atom stereocenters. The van der Waals surface area contributed by atoms with Crippen LogP contribution in [0.5, 0.6) is 0 Å². The molecule has 0 saturated heterocycles. The van der Waals surface area contributed by atoms with Gasteiger partial charge in [0.1, 0.15) is 5.82 Å². The molecule has 5 heteroatoms. The first-order chi connectivity index (χ1) is 11.3. The number of halogens is 1. The van der Waals surface area contributed by atoms with Gasteiger partial charge in [0.05, 0.1) is 23.1 Å². The summed E-state index contributed by atoms with van der Waals surface area (Å²) in [7, 11) is 0. The molecule has 128 valence electrons. The molecule has 1 heterocycles. The van der Waals surface area contributed by atoms with Crippen LogP contribution in [0.4, 0.5) is 10.1 Å². The van der Waals surface area contributed by atoms with Gasteiger partial charge in [-0.25, -0.2) is 9.38 Å². The van der Waals surface area contributed by atoms with Crippen LogP contribution in [-0.2, 0) is 9.53 Å². The van der Waals surface area contributed by atoms with Gasteiger partial charge in [0.15, 0.2) is 6.73 Å². The van der Waals surface area contributed by atoms with Crippen molar-refractivity contribution in [2.24, 2.45) is 10.4 Å². The molecule has 2 aliphatic rings. The number of allylic oxidation sites excluding steroid dienone is 1. The fourth-order valence-electron chi connectivity index (χ4n) is 2.74. The van der Waals surface area contributed by atoms with Crippen LogP contribution < -0.4 is 0 Å². The third-order valence-corrected chi connectivity index (χ3v) is 4.39. The Kier molecular flexibility index (Phi) is 4.20. The molecule has 0 aromatic heterocycles. The highest BCUT2D eigenvalue weighted by atomic mass is 19.1. The summed E-state index contributed by atoms with van der Waals surface area (Å²) in [6, 6.07) is 3.30. The minimum Gasteiger partial charge on any atom is -0.443 e. The van der Waals surface area contributed by atoms with E-state index in [0.29, 0.717) is 11.3 Å². The molecule has 0 radical (unpaired) electrons. The number of benzene rings is 1. The predicted octanol–water partition coefficient (Wildman–Crippen LogP) is 4.55. The van der Waals surface area contributed by atoms with E-state index in [9.17, 15) is 9.18 Å². The van der Waals surface area contributed by atoms with Crippen LogP contribution in [0.3, 0.4) is 0 Å². The summed E-state index contributed by atoms with van der Waals surface area (Å²) in [5, 5.41) is 0. The summed E-state index contributed by atoms with van der Waals surface area (Å²) in [6.07, 6.45) is 4.82. The zero-order valence-electron chi connectivity index (χ0n) is 14.6. The number of nitrogens with zero attached hydrogens (tertiary/aromatic N) is 2. The van der Waals surface area contributed by atoms with Gasteiger partial charge < -0.3 is 4.74 Å². The third kappa shape index (κ3) is 3.07. The summed E-state index contributed by atoms with van der Waals surface area (Å²) < 4.78 is 19.3. The quantitative estimate of drug-likeness (QED) is 0.747. The highest BCUT2D eigenvalue weighted by molar-refractivity contribution is 5.89. The van der Waals surface area contributed by atoms with Crippen molar-refractivity contribution >= 4 is 23.7 Å². The van der Waals surface area contributed by atoms with Crippen molar-refractivity contribution in [3.8, 4) is 0 Å². The molecule has 1 aliphatic carbocycles. The van der Waals surface area contributed by atoms with Gasteiger partial charge in [-0.15, -0.1) is 0 Å². The van der Waals surface area contributed by atoms with Crippen molar-refractivity contribution in [3.05, 3.63) is 34.6 Å². The average molecular weight is 330 g/mol. The monoisotopic (exact) mass is 330 g/mol. The van der Waals surface area contributed by atoms with E-state index in [4.69, 9.17) is 4.74 Å². The van der Waals surface area contributed by atoms with Crippen molar-refractivity contribution in [1.29, 1.82) is 0 Å². The van der Waals surface area contributed by atoms with Crippen LogP contribution >= 0.6 is 0 Å². The van der Waals surface area contributed by atoms with Crippen LogP contribution in [0.2, 0.25) is 0 Å². The Morgan fingerprint density at radius 2 is 2.04 bits per heavy atom. The Morgan fingerprint density at radius 1 is 1.33 bits per heavy atom. The van der Waals surface area contributed by atoms with E-state index >= 15 is 0 Å². The highest BCUT2D eigenvalue weighted by Gasteiger charge is 2.28. The Bertz CT molecular complexity index is 738. The van der Waals surface area contributed by atoms with Crippen molar-refractivity contribution in [2.45, 2.75) is 47.0 Å². The smallest absolute Gasteiger partial charge is 0.312 e. The van der Waals surface area contributed by atoms with Gasteiger partial charge in [-0.2, -0.15) is 0 Å². The number of hydrogen-bond donors (Lipinski definition) is 0. The van der Waals surface area contributed by atoms with E-state index in [1.807, 2.05) is 31.7 Å². The SMILES string of the molecule is Cc1cc2c(cc1F)N=CN(COC(=O)C(C)(C)C)C2=C1CCC1. The zero-order chi connectivity index (χ0) is 17.5. The third-order valence-electron chi connectivity index (χ3n) is 4.39. The molecule has 1 fully saturated rings. The highest BCUT2D eigenvalue weighted by Crippen LogP contribution is 2.41. The number of ether oxygens (including phenoxy) is 1. The van der Waals surface area contributed by atoms with Gasteiger partial charge in [-0.1, -0.05) is 0 Å². The molecule has 0 N–H and O–H groups in total. The van der Waals surface area contributed by atoms with Gasteiger partial charge in [0, 0.05) is 11.6 Å². The van der Waals surface area contributed by atoms with Crippen molar-refractivity contribution < 1.29 is 13.9 Å². The second kappa shape index (κ2) is 6.04. The Morgan fingerprint density at radius 3 is 2.62 bits per heavy atom. The standard InChI is InChI=1S/C19H23FN2O2/c1-12-8-14-16(9-15(12)20)21-10-22(17(14)13-6-5-7-13)11-24-18(23)19(2,3)4/h8-10H,5-7,11H2,1-4H3. The lowest BCUT2D eigenvalue weighted by molar-refractivity contribution is -0.155. The average Bonchev–Trinajstić information content (AvgIpc) is 2.45. The molecule has 24 heavy (non-hydrogen) atoms. The number of aryl methyl sites for hydroxylation is 1. The maximum atomic E-state index is 13.8. The van der Waals surface area contributed by atoms with Gasteiger partial charge in [0.25, 0.3) is 0 Å². The zero-order valence-corrected chi connectivity index (χ0v) is 14.6. The molecule has 1 saturated carbocycles. The van der Waals surface area contributed by atoms with Gasteiger partial charge >= 0.3 is 5.97 Å². The number of carbonyl (C=O) groups is 1. The molecule has 0 amide bonds. The summed E-state index contributed by atoms with van der Waals surface area (Å²) in [4.78, 5) is 18.3. The van der Waals surface area contributed by atoms with Crippen LogP contribution in [0.25, 0.3) is 5.70 Å². The number of esters is 1. The number of carbonyl (C=O) groups excluding carboxylic acids is 1. The van der Waals surface area contributed by atoms with Gasteiger partial charge in [-0.3, -0.25) is 9.69 Å². The normalized spacial score (nSPS) is 16.8. The Balaban J connectivity index is 1.91. The fraction of sp³-hybridized carbons (Fsp3) is 0.474. The molecule has 0 atom stereocenters. The lowest BCUT2D eigenvalue weighted by Crippen LogP contribution is -2.32. The summed E-state index contributed by atoms with van der Waals surface area (Å²) in [5.41, 5.74) is 3.91. The summed E-state index contributed by atoms with van der Waals surface area (Å²) in [5.74, 6) is -0.508. The van der Waals surface area contributed by atoms with E-state index in [0.717, 1.165) is 30.5 Å². The van der Waals surface area contributed by atoms with Crippen LogP contribution in [0.1, 0.15) is 51.2 Å². The minimum atomic E-state index is -0.547. The Labute approximate surface area is 142 Å². The largest absolute Gasteiger partial charge is 0.443 e. The molecule has 1 aromatic rings. The van der Waals surface area contributed by atoms with E-state index in [-0.39, 0.29) is 18.5 Å². The summed E-state index contributed by atoms with van der Waals surface area (Å²) >= 11 is 0.